The van der Waals surface area contributed by atoms with Gasteiger partial charge in [-0.05, 0) is 60.5 Å². The number of Topliss-reactive ketones (excluding diaryl/α,β-unsaturated/α-hetero) is 1. The average molecular weight is 786 g/mol. The fourth-order valence-corrected chi connectivity index (χ4v) is 7.89. The van der Waals surface area contributed by atoms with Gasteiger partial charge in [0, 0.05) is 37.3 Å². The van der Waals surface area contributed by atoms with E-state index in [1.807, 2.05) is 39.8 Å². The highest BCUT2D eigenvalue weighted by Gasteiger charge is 2.57. The lowest BCUT2D eigenvalue weighted by atomic mass is 9.76. The summed E-state index contributed by atoms with van der Waals surface area (Å²) in [6, 6.07) is -0.219. The molecule has 0 bridgehead atoms. The number of aliphatic hydroxyl groups is 3. The largest absolute Gasteiger partial charge is 0.466 e. The molecule has 0 saturated carbocycles. The van der Waals surface area contributed by atoms with Crippen molar-refractivity contribution in [3.8, 4) is 0 Å². The van der Waals surface area contributed by atoms with Crippen LogP contribution in [0.5, 0.6) is 0 Å². The summed E-state index contributed by atoms with van der Waals surface area (Å²) >= 11 is 0. The second kappa shape index (κ2) is 18.9. The van der Waals surface area contributed by atoms with Gasteiger partial charge in [-0.15, -0.1) is 0 Å². The molecule has 4 aliphatic rings. The number of phosphoric acid groups is 1. The number of esters is 1. The molecule has 6 N–H and O–H groups in total. The summed E-state index contributed by atoms with van der Waals surface area (Å²) in [6.07, 6.45) is -7.15. The van der Waals surface area contributed by atoms with Gasteiger partial charge in [0.15, 0.2) is 24.0 Å². The van der Waals surface area contributed by atoms with Crippen LogP contribution in [0, 0.1) is 29.6 Å². The van der Waals surface area contributed by atoms with Gasteiger partial charge in [0.2, 0.25) is 0 Å². The Morgan fingerprint density at radius 1 is 0.792 bits per heavy atom. The van der Waals surface area contributed by atoms with E-state index in [-0.39, 0.29) is 43.3 Å². The van der Waals surface area contributed by atoms with Crippen LogP contribution in [0.4, 0.5) is 0 Å². The number of hydrogen-bond acceptors (Lipinski definition) is 14. The summed E-state index contributed by atoms with van der Waals surface area (Å²) in [6.45, 7) is 14.6. The Bertz CT molecular complexity index is 1240. The van der Waals surface area contributed by atoms with Crippen molar-refractivity contribution in [2.45, 2.75) is 154 Å². The van der Waals surface area contributed by atoms with Crippen LogP contribution in [-0.2, 0) is 47.3 Å². The average Bonchev–Trinajstić information content (AvgIpc) is 3.85. The van der Waals surface area contributed by atoms with Gasteiger partial charge in [0.05, 0.1) is 49.1 Å². The highest BCUT2D eigenvalue weighted by Crippen LogP contribution is 2.43. The second-order valence-electron chi connectivity index (χ2n) is 15.8. The van der Waals surface area contributed by atoms with Crippen molar-refractivity contribution in [3.05, 3.63) is 0 Å². The number of hydrogen-bond donors (Lipinski definition) is 6. The maximum Gasteiger partial charge on any atom is 0.466 e. The first-order valence-electron chi connectivity index (χ1n) is 18.4. The minimum Gasteiger partial charge on any atom is -0.462 e. The first-order chi connectivity index (χ1) is 24.4. The summed E-state index contributed by atoms with van der Waals surface area (Å²) in [5.41, 5.74) is -1.10. The Balaban J connectivity index is 0.00000141. The number of carbonyl (C=O) groups excluding carboxylic acids is 2. The molecule has 0 unspecified atom stereocenters. The second-order valence-corrected chi connectivity index (χ2v) is 16.8. The number of methoxy groups -OCH3 is 1. The maximum atomic E-state index is 13.9. The standard InChI is InChI=1S/C35H61NO12.H3O4P/c1-16-14-35(15-43-35)32(40)19(4)27(37)18(3)22(7)46-33(41)21(6)31(47-26-13-25(42-11)28(38)23(8)45-26)20(5)30(16)48-34-29(39)24(36(9)10)12-17(2)44-34;1-5(2,3)4/h16-31,34,37-39H,12-15H2,1-11H3;(H3,1,2,3,4)/t16-,17+,18-,19+,20+,21+,22+,23-,24-,25-,26-,27-,28-,29+,30-,31-,34-,35+;/m0./s1. The van der Waals surface area contributed by atoms with Crippen molar-refractivity contribution in [1.82, 2.24) is 4.90 Å². The highest BCUT2D eigenvalue weighted by molar-refractivity contribution is 7.45. The van der Waals surface area contributed by atoms with Crippen LogP contribution in [0.2, 0.25) is 0 Å². The Morgan fingerprint density at radius 3 is 1.91 bits per heavy atom. The lowest BCUT2D eigenvalue weighted by Crippen LogP contribution is -2.57. The molecule has 1 spiro atoms. The molecule has 0 radical (unpaired) electrons. The van der Waals surface area contributed by atoms with Gasteiger partial charge >= 0.3 is 13.8 Å². The molecule has 4 saturated heterocycles. The summed E-state index contributed by atoms with van der Waals surface area (Å²) in [4.78, 5) is 51.2. The highest BCUT2D eigenvalue weighted by atomic mass is 31.2. The monoisotopic (exact) mass is 785 g/mol. The molecule has 0 aliphatic carbocycles. The molecule has 310 valence electrons. The van der Waals surface area contributed by atoms with E-state index in [4.69, 9.17) is 52.4 Å². The fourth-order valence-electron chi connectivity index (χ4n) is 7.89. The van der Waals surface area contributed by atoms with E-state index >= 15 is 0 Å². The smallest absolute Gasteiger partial charge is 0.462 e. The van der Waals surface area contributed by atoms with Gasteiger partial charge in [-0.25, -0.2) is 4.57 Å². The zero-order valence-corrected chi connectivity index (χ0v) is 33.7. The van der Waals surface area contributed by atoms with Crippen molar-refractivity contribution >= 4 is 19.6 Å². The molecule has 0 aromatic heterocycles. The summed E-state index contributed by atoms with van der Waals surface area (Å²) in [5.74, 6) is -3.74. The molecule has 18 atom stereocenters. The van der Waals surface area contributed by atoms with Crippen molar-refractivity contribution < 1.29 is 77.3 Å². The summed E-state index contributed by atoms with van der Waals surface area (Å²) < 4.78 is 51.9. The molecule has 17 nitrogen and oxygen atoms in total. The van der Waals surface area contributed by atoms with Crippen molar-refractivity contribution in [2.75, 3.05) is 27.8 Å². The predicted molar refractivity (Wildman–Crippen MR) is 188 cm³/mol. The normalized spacial score (nSPS) is 46.3. The Kier molecular flexibility index (Phi) is 16.5. The van der Waals surface area contributed by atoms with Gasteiger partial charge in [-0.2, -0.15) is 0 Å². The minimum atomic E-state index is -4.64. The number of carbonyl (C=O) groups is 2. The number of ketones is 1. The number of cyclic esters (lactones) is 1. The lowest BCUT2D eigenvalue weighted by molar-refractivity contribution is -0.299. The number of epoxide rings is 1. The van der Waals surface area contributed by atoms with E-state index in [2.05, 4.69) is 0 Å². The Labute approximate surface area is 312 Å². The van der Waals surface area contributed by atoms with E-state index in [9.17, 15) is 24.9 Å². The molecule has 4 aliphatic heterocycles. The van der Waals surface area contributed by atoms with Crippen LogP contribution in [0.25, 0.3) is 0 Å². The maximum absolute atomic E-state index is 13.9. The minimum absolute atomic E-state index is 0.198. The van der Waals surface area contributed by atoms with E-state index in [0.717, 1.165) is 0 Å². The quantitative estimate of drug-likeness (QED) is 0.125. The van der Waals surface area contributed by atoms with Gasteiger partial charge in [-0.1, -0.05) is 27.7 Å². The molecule has 18 heteroatoms. The summed E-state index contributed by atoms with van der Waals surface area (Å²) in [5, 5.41) is 33.3. The van der Waals surface area contributed by atoms with Crippen LogP contribution in [0.3, 0.4) is 0 Å². The van der Waals surface area contributed by atoms with Crippen molar-refractivity contribution in [3.63, 3.8) is 0 Å². The van der Waals surface area contributed by atoms with Gasteiger partial charge in [-0.3, -0.25) is 9.59 Å². The predicted octanol–water partition coefficient (Wildman–Crippen LogP) is 0.980. The molecular formula is C35H64NO16P. The lowest BCUT2D eigenvalue weighted by Gasteiger charge is -2.46. The molecule has 0 aromatic rings. The number of nitrogens with zero attached hydrogens (tertiary/aromatic N) is 1. The van der Waals surface area contributed by atoms with E-state index in [0.29, 0.717) is 6.42 Å². The molecule has 53 heavy (non-hydrogen) atoms. The fraction of sp³-hybridized carbons (Fsp3) is 0.943. The third-order valence-electron chi connectivity index (χ3n) is 11.4. The third kappa shape index (κ3) is 11.9. The number of likely N-dealkylation sites (N-methyl/N-ethyl adjacent to an activating group) is 1. The van der Waals surface area contributed by atoms with E-state index < -0.39 is 104 Å². The Morgan fingerprint density at radius 2 is 1.38 bits per heavy atom. The SMILES string of the molecule is CO[C@H]1C[C@H](O[C@H]2[C@H](C)[C@@H](O[C@@H]3O[C@H](C)C[C@H](N(C)C)[C@H]3O)[C@@H](C)C[C@@]3(CO3)C(=O)[C@H](C)[C@@H](O)[C@@H](C)[C@@H](C)OC(=O)[C@@H]2C)O[C@@H](C)[C@@H]1O.O=P(O)(O)O. The molecule has 4 heterocycles. The molecule has 4 rings (SSSR count). The number of ether oxygens (including phenoxy) is 7. The molecule has 4 fully saturated rings. The number of aliphatic hydroxyl groups excluding tert-OH is 3. The Hall–Kier alpha value is -1.15. The van der Waals surface area contributed by atoms with Crippen LogP contribution in [-0.4, -0.2) is 154 Å². The van der Waals surface area contributed by atoms with Gasteiger partial charge in [0.1, 0.15) is 18.3 Å². The zero-order valence-electron chi connectivity index (χ0n) is 32.8. The molecular weight excluding hydrogens is 721 g/mol. The summed E-state index contributed by atoms with van der Waals surface area (Å²) in [7, 11) is 0.685. The molecule has 0 amide bonds. The van der Waals surface area contributed by atoms with Crippen molar-refractivity contribution in [1.29, 1.82) is 0 Å². The van der Waals surface area contributed by atoms with Crippen LogP contribution < -0.4 is 0 Å². The molecule has 0 aromatic carbocycles. The van der Waals surface area contributed by atoms with Gasteiger partial charge in [0.25, 0.3) is 0 Å². The van der Waals surface area contributed by atoms with Crippen molar-refractivity contribution in [2.24, 2.45) is 29.6 Å². The number of rotatable bonds is 6. The van der Waals surface area contributed by atoms with Crippen LogP contribution in [0.1, 0.15) is 74.7 Å². The van der Waals surface area contributed by atoms with Crippen LogP contribution in [0.15, 0.2) is 0 Å². The topological polar surface area (TPSA) is 244 Å². The first kappa shape index (κ1) is 46.2. The van der Waals surface area contributed by atoms with Crippen LogP contribution >= 0.6 is 7.82 Å². The first-order valence-corrected chi connectivity index (χ1v) is 20.0. The third-order valence-corrected chi connectivity index (χ3v) is 11.4. The van der Waals surface area contributed by atoms with E-state index in [1.165, 1.54) is 7.11 Å². The van der Waals surface area contributed by atoms with E-state index in [1.54, 1.807) is 34.6 Å². The van der Waals surface area contributed by atoms with Gasteiger partial charge < -0.3 is 68.1 Å². The zero-order chi connectivity index (χ0) is 40.3.